The number of para-hydroxylation sites is 2. The zero-order chi connectivity index (χ0) is 31.8. The molecular weight excluding hydrogens is 580 g/mol. The first-order chi connectivity index (χ1) is 23.1. The molecule has 6 aromatic carbocycles. The molecule has 0 N–H and O–H groups in total. The van der Waals surface area contributed by atoms with Gasteiger partial charge in [-0.2, -0.15) is 21.0 Å². The van der Waals surface area contributed by atoms with Gasteiger partial charge in [0.25, 0.3) is 0 Å². The van der Waals surface area contributed by atoms with Gasteiger partial charge in [0.15, 0.2) is 11.2 Å². The number of rotatable bonds is 2. The average molecular weight is 599 g/mol. The van der Waals surface area contributed by atoms with Gasteiger partial charge in [0, 0.05) is 43.7 Å². The van der Waals surface area contributed by atoms with Crippen molar-refractivity contribution in [2.24, 2.45) is 0 Å². The topological polar surface area (TPSA) is 118 Å². The van der Waals surface area contributed by atoms with Crippen molar-refractivity contribution in [3.05, 3.63) is 131 Å². The lowest BCUT2D eigenvalue weighted by molar-refractivity contribution is 0.667. The fourth-order valence-electron chi connectivity index (χ4n) is 7.06. The number of hydrogen-bond acceptors (Lipinski definition) is 5. The van der Waals surface area contributed by atoms with Crippen LogP contribution in [0.15, 0.2) is 114 Å². The Labute approximate surface area is 266 Å². The van der Waals surface area contributed by atoms with Crippen molar-refractivity contribution in [3.63, 3.8) is 0 Å². The number of hydrogen-bond donors (Lipinski definition) is 0. The molecule has 47 heavy (non-hydrogen) atoms. The normalized spacial score (nSPS) is 11.3. The Morgan fingerprint density at radius 1 is 0.447 bits per heavy atom. The Balaban J connectivity index is 1.38. The van der Waals surface area contributed by atoms with Gasteiger partial charge in [-0.3, -0.25) is 0 Å². The van der Waals surface area contributed by atoms with Crippen LogP contribution in [0.3, 0.4) is 0 Å². The second-order valence-corrected chi connectivity index (χ2v) is 11.4. The minimum absolute atomic E-state index is 0.419. The highest BCUT2D eigenvalue weighted by molar-refractivity contribution is 6.21. The zero-order valence-electron chi connectivity index (χ0n) is 24.5. The van der Waals surface area contributed by atoms with E-state index in [-0.39, 0.29) is 0 Å². The molecular formula is C40H18N6O. The molecule has 0 aliphatic rings. The van der Waals surface area contributed by atoms with E-state index in [0.29, 0.717) is 33.4 Å². The van der Waals surface area contributed by atoms with E-state index < -0.39 is 0 Å². The molecule has 0 radical (unpaired) electrons. The average Bonchev–Trinajstić information content (AvgIpc) is 3.77. The summed E-state index contributed by atoms with van der Waals surface area (Å²) >= 11 is 0. The van der Waals surface area contributed by atoms with Crippen LogP contribution in [-0.4, -0.2) is 9.13 Å². The maximum Gasteiger partial charge on any atom is 0.154 e. The Hall–Kier alpha value is -7.32. The first kappa shape index (κ1) is 26.1. The van der Waals surface area contributed by atoms with Crippen molar-refractivity contribution in [2.75, 3.05) is 0 Å². The third kappa shape index (κ3) is 3.51. The third-order valence-corrected chi connectivity index (χ3v) is 9.03. The molecule has 3 heterocycles. The largest absolute Gasteiger partial charge is 0.453 e. The van der Waals surface area contributed by atoms with Gasteiger partial charge in [0.2, 0.25) is 0 Å². The molecule has 0 amide bonds. The van der Waals surface area contributed by atoms with E-state index in [4.69, 9.17) is 4.42 Å². The van der Waals surface area contributed by atoms with Gasteiger partial charge in [0.1, 0.15) is 17.7 Å². The molecule has 9 rings (SSSR count). The van der Waals surface area contributed by atoms with Crippen molar-refractivity contribution in [3.8, 4) is 35.7 Å². The molecule has 0 saturated carbocycles. The van der Waals surface area contributed by atoms with E-state index in [0.717, 1.165) is 65.8 Å². The van der Waals surface area contributed by atoms with E-state index >= 15 is 0 Å². The van der Waals surface area contributed by atoms with Crippen LogP contribution >= 0.6 is 0 Å². The van der Waals surface area contributed by atoms with Crippen LogP contribution in [0, 0.1) is 45.3 Å². The van der Waals surface area contributed by atoms with Crippen LogP contribution < -0.4 is 0 Å². The Bertz CT molecular complexity index is 2950. The van der Waals surface area contributed by atoms with Gasteiger partial charge in [-0.1, -0.05) is 36.4 Å². The summed E-state index contributed by atoms with van der Waals surface area (Å²) in [4.78, 5) is 0. The van der Waals surface area contributed by atoms with Crippen molar-refractivity contribution >= 4 is 65.6 Å². The van der Waals surface area contributed by atoms with Crippen molar-refractivity contribution in [1.29, 1.82) is 21.0 Å². The number of nitrogens with zero attached hydrogens (tertiary/aromatic N) is 6. The molecule has 0 spiro atoms. The maximum atomic E-state index is 10.5. The van der Waals surface area contributed by atoms with E-state index in [9.17, 15) is 21.0 Å². The van der Waals surface area contributed by atoms with Crippen LogP contribution in [-0.2, 0) is 0 Å². The first-order valence-corrected chi connectivity index (χ1v) is 14.8. The monoisotopic (exact) mass is 598 g/mol. The number of fused-ring (bicyclic) bond motifs is 9. The summed E-state index contributed by atoms with van der Waals surface area (Å²) in [6, 6.07) is 44.1. The van der Waals surface area contributed by atoms with E-state index in [1.807, 2.05) is 78.9 Å². The van der Waals surface area contributed by atoms with Gasteiger partial charge in [-0.05, 0) is 72.8 Å². The smallest absolute Gasteiger partial charge is 0.154 e. The molecule has 0 fully saturated rings. The van der Waals surface area contributed by atoms with Crippen molar-refractivity contribution < 1.29 is 4.42 Å². The Kier molecular flexibility index (Phi) is 5.33. The molecule has 0 atom stereocenters. The van der Waals surface area contributed by atoms with Gasteiger partial charge in [-0.25, -0.2) is 0 Å². The van der Waals surface area contributed by atoms with Gasteiger partial charge in [0.05, 0.1) is 50.9 Å². The van der Waals surface area contributed by atoms with Crippen LogP contribution in [0.1, 0.15) is 22.3 Å². The second-order valence-electron chi connectivity index (χ2n) is 11.4. The molecule has 7 nitrogen and oxygen atoms in total. The highest BCUT2D eigenvalue weighted by Gasteiger charge is 2.23. The lowest BCUT2D eigenvalue weighted by Gasteiger charge is -2.13. The molecule has 7 heteroatoms. The number of aromatic nitrogens is 2. The standard InChI is InChI=1S/C40H18N6O/c41-19-23-11-13-35-30(15-23)31-16-24(20-42)12-14-36(31)45(35)26-6-4-7-27(17-26)46-34-10-2-1-8-29(34)38-33(22-44)40-32(18-37(38)46)28-9-3-5-25(21-43)39(28)47-40/h1-18H. The first-order valence-electron chi connectivity index (χ1n) is 14.8. The quantitative estimate of drug-likeness (QED) is 0.196. The Morgan fingerprint density at radius 3 is 1.72 bits per heavy atom. The summed E-state index contributed by atoms with van der Waals surface area (Å²) in [6.45, 7) is 0. The molecule has 0 saturated heterocycles. The fourth-order valence-corrected chi connectivity index (χ4v) is 7.06. The van der Waals surface area contributed by atoms with Gasteiger partial charge in [-0.15, -0.1) is 0 Å². The highest BCUT2D eigenvalue weighted by Crippen LogP contribution is 2.42. The molecule has 0 unspecified atom stereocenters. The zero-order valence-corrected chi connectivity index (χ0v) is 24.5. The summed E-state index contributed by atoms with van der Waals surface area (Å²) in [5.74, 6) is 0. The fraction of sp³-hybridized carbons (Fsp3) is 0. The number of benzene rings is 6. The van der Waals surface area contributed by atoms with Crippen molar-refractivity contribution in [1.82, 2.24) is 9.13 Å². The molecule has 0 aliphatic heterocycles. The summed E-state index contributed by atoms with van der Waals surface area (Å²) < 4.78 is 10.6. The van der Waals surface area contributed by atoms with E-state index in [2.05, 4.69) is 45.5 Å². The van der Waals surface area contributed by atoms with Gasteiger partial charge < -0.3 is 13.6 Å². The Morgan fingerprint density at radius 2 is 1.06 bits per heavy atom. The van der Waals surface area contributed by atoms with Crippen LogP contribution in [0.4, 0.5) is 0 Å². The summed E-state index contributed by atoms with van der Waals surface area (Å²) in [5, 5.41) is 44.6. The molecule has 3 aromatic heterocycles. The van der Waals surface area contributed by atoms with Crippen LogP contribution in [0.5, 0.6) is 0 Å². The SMILES string of the molecule is N#Cc1ccc2c(c1)c1cc(C#N)ccc1n2-c1cccc(-n2c3ccccc3c3c(C#N)c4oc5c(C#N)cccc5c4cc32)c1. The van der Waals surface area contributed by atoms with Crippen LogP contribution in [0.25, 0.3) is 76.9 Å². The molecule has 9 aromatic rings. The molecule has 0 aliphatic carbocycles. The van der Waals surface area contributed by atoms with Crippen LogP contribution in [0.2, 0.25) is 0 Å². The third-order valence-electron chi connectivity index (χ3n) is 9.03. The van der Waals surface area contributed by atoms with Gasteiger partial charge >= 0.3 is 0 Å². The second kappa shape index (κ2) is 9.59. The lowest BCUT2D eigenvalue weighted by atomic mass is 10.0. The number of furan rings is 1. The summed E-state index contributed by atoms with van der Waals surface area (Å²) in [7, 11) is 0. The minimum Gasteiger partial charge on any atom is -0.453 e. The maximum absolute atomic E-state index is 10.5. The molecule has 214 valence electrons. The summed E-state index contributed by atoms with van der Waals surface area (Å²) in [6.07, 6.45) is 0. The predicted molar refractivity (Wildman–Crippen MR) is 181 cm³/mol. The summed E-state index contributed by atoms with van der Waals surface area (Å²) in [5.41, 5.74) is 8.28. The molecule has 0 bridgehead atoms. The predicted octanol–water partition coefficient (Wildman–Crippen LogP) is 9.27. The highest BCUT2D eigenvalue weighted by atomic mass is 16.3. The van der Waals surface area contributed by atoms with E-state index in [1.165, 1.54) is 0 Å². The lowest BCUT2D eigenvalue weighted by Crippen LogP contribution is -1.98. The minimum atomic E-state index is 0.419. The number of nitriles is 4. The van der Waals surface area contributed by atoms with E-state index in [1.54, 1.807) is 18.2 Å². The van der Waals surface area contributed by atoms with Crippen molar-refractivity contribution in [2.45, 2.75) is 0 Å².